The Kier molecular flexibility index (Phi) is 6.94. The van der Waals surface area contributed by atoms with Gasteiger partial charge in [0.05, 0.1) is 16.6 Å². The summed E-state index contributed by atoms with van der Waals surface area (Å²) in [7, 11) is 0. The molecule has 1 amide bonds. The number of nitrogens with zero attached hydrogens (tertiary/aromatic N) is 4. The smallest absolute Gasteiger partial charge is 0.258 e. The quantitative estimate of drug-likeness (QED) is 0.368. The first-order valence-electron chi connectivity index (χ1n) is 9.46. The minimum absolute atomic E-state index is 0.200. The summed E-state index contributed by atoms with van der Waals surface area (Å²) >= 11 is 18.2. The predicted molar refractivity (Wildman–Crippen MR) is 122 cm³/mol. The number of halogens is 3. The Labute approximate surface area is 198 Å². The lowest BCUT2D eigenvalue weighted by Gasteiger charge is -2.10. The second kappa shape index (κ2) is 10.0. The molecule has 0 aliphatic carbocycles. The van der Waals surface area contributed by atoms with Gasteiger partial charge in [0.25, 0.3) is 5.91 Å². The number of hydrogen-bond donors (Lipinski definition) is 1. The lowest BCUT2D eigenvalue weighted by molar-refractivity contribution is -0.123. The molecular weight excluding hydrogens is 477 g/mol. The Morgan fingerprint density at radius 3 is 2.59 bits per heavy atom. The SMILES string of the molecule is O=C(COc1cccc(Cl)c1Cl)NCCOc1ccc2nnc(-c3ccccc3Cl)n2n1. The highest BCUT2D eigenvalue weighted by atomic mass is 35.5. The van der Waals surface area contributed by atoms with Gasteiger partial charge in [0.2, 0.25) is 5.88 Å². The van der Waals surface area contributed by atoms with Crippen LogP contribution in [0.3, 0.4) is 0 Å². The largest absolute Gasteiger partial charge is 0.482 e. The summed E-state index contributed by atoms with van der Waals surface area (Å²) in [5, 5.41) is 16.5. The van der Waals surface area contributed by atoms with E-state index in [2.05, 4.69) is 20.6 Å². The summed E-state index contributed by atoms with van der Waals surface area (Å²) in [6.45, 7) is 0.253. The molecule has 0 aliphatic rings. The topological polar surface area (TPSA) is 90.6 Å². The molecular formula is C21H16Cl3N5O3. The highest BCUT2D eigenvalue weighted by Crippen LogP contribution is 2.31. The van der Waals surface area contributed by atoms with Gasteiger partial charge in [-0.05, 0) is 30.3 Å². The van der Waals surface area contributed by atoms with Crippen molar-refractivity contribution in [3.8, 4) is 23.0 Å². The Morgan fingerprint density at radius 1 is 0.938 bits per heavy atom. The summed E-state index contributed by atoms with van der Waals surface area (Å²) in [5.41, 5.74) is 1.26. The van der Waals surface area contributed by atoms with Crippen LogP contribution in [0, 0.1) is 0 Å². The van der Waals surface area contributed by atoms with E-state index < -0.39 is 0 Å². The monoisotopic (exact) mass is 491 g/mol. The summed E-state index contributed by atoms with van der Waals surface area (Å²) in [6, 6.07) is 15.7. The van der Waals surface area contributed by atoms with Crippen LogP contribution in [0.4, 0.5) is 0 Å². The molecule has 2 aromatic carbocycles. The van der Waals surface area contributed by atoms with Crippen LogP contribution in [0.5, 0.6) is 11.6 Å². The number of rotatable bonds is 8. The Balaban J connectivity index is 1.31. The number of hydrogen-bond acceptors (Lipinski definition) is 6. The first kappa shape index (κ1) is 22.1. The van der Waals surface area contributed by atoms with Crippen LogP contribution in [-0.4, -0.2) is 45.5 Å². The minimum atomic E-state index is -0.326. The molecule has 164 valence electrons. The van der Waals surface area contributed by atoms with Crippen LogP contribution in [0.2, 0.25) is 15.1 Å². The van der Waals surface area contributed by atoms with E-state index >= 15 is 0 Å². The van der Waals surface area contributed by atoms with E-state index in [0.29, 0.717) is 38.7 Å². The molecule has 0 fully saturated rings. The normalized spacial score (nSPS) is 10.8. The lowest BCUT2D eigenvalue weighted by Crippen LogP contribution is -2.32. The first-order chi connectivity index (χ1) is 15.5. The van der Waals surface area contributed by atoms with Crippen molar-refractivity contribution in [3.63, 3.8) is 0 Å². The second-order valence-electron chi connectivity index (χ2n) is 6.48. The fourth-order valence-corrected chi connectivity index (χ4v) is 3.36. The van der Waals surface area contributed by atoms with Crippen molar-refractivity contribution >= 4 is 46.4 Å². The zero-order chi connectivity index (χ0) is 22.5. The van der Waals surface area contributed by atoms with Gasteiger partial charge >= 0.3 is 0 Å². The molecule has 4 aromatic rings. The number of aromatic nitrogens is 4. The van der Waals surface area contributed by atoms with E-state index in [9.17, 15) is 4.79 Å². The summed E-state index contributed by atoms with van der Waals surface area (Å²) in [4.78, 5) is 12.0. The van der Waals surface area contributed by atoms with Crippen LogP contribution in [0.25, 0.3) is 17.0 Å². The van der Waals surface area contributed by atoms with E-state index in [1.54, 1.807) is 40.9 Å². The molecule has 1 N–H and O–H groups in total. The third kappa shape index (κ3) is 5.04. The zero-order valence-corrected chi connectivity index (χ0v) is 18.7. The van der Waals surface area contributed by atoms with Crippen molar-refractivity contribution in [1.82, 2.24) is 25.1 Å². The Hall–Kier alpha value is -3.07. The van der Waals surface area contributed by atoms with Crippen molar-refractivity contribution in [2.45, 2.75) is 0 Å². The van der Waals surface area contributed by atoms with Gasteiger partial charge < -0.3 is 14.8 Å². The maximum absolute atomic E-state index is 12.0. The maximum atomic E-state index is 12.0. The van der Waals surface area contributed by atoms with Crippen molar-refractivity contribution < 1.29 is 14.3 Å². The Morgan fingerprint density at radius 2 is 1.75 bits per heavy atom. The molecule has 11 heteroatoms. The molecule has 4 rings (SSSR count). The molecule has 0 spiro atoms. The fourth-order valence-electron chi connectivity index (χ4n) is 2.80. The predicted octanol–water partition coefficient (Wildman–Crippen LogP) is 4.33. The van der Waals surface area contributed by atoms with E-state index in [1.807, 2.05) is 18.2 Å². The number of nitrogens with one attached hydrogen (secondary N) is 1. The maximum Gasteiger partial charge on any atom is 0.258 e. The van der Waals surface area contributed by atoms with Gasteiger partial charge in [-0.15, -0.1) is 15.3 Å². The van der Waals surface area contributed by atoms with Gasteiger partial charge in [-0.1, -0.05) is 53.0 Å². The van der Waals surface area contributed by atoms with Gasteiger partial charge in [-0.2, -0.15) is 4.52 Å². The number of fused-ring (bicyclic) bond motifs is 1. The molecule has 0 radical (unpaired) electrons. The molecule has 2 heterocycles. The molecule has 32 heavy (non-hydrogen) atoms. The molecule has 0 aliphatic heterocycles. The van der Waals surface area contributed by atoms with Crippen LogP contribution in [0.15, 0.2) is 54.6 Å². The molecule has 0 saturated carbocycles. The van der Waals surface area contributed by atoms with Crippen molar-refractivity contribution in [2.75, 3.05) is 19.8 Å². The van der Waals surface area contributed by atoms with Gasteiger partial charge in [-0.25, -0.2) is 0 Å². The highest BCUT2D eigenvalue weighted by molar-refractivity contribution is 6.42. The van der Waals surface area contributed by atoms with E-state index in [-0.39, 0.29) is 30.7 Å². The van der Waals surface area contributed by atoms with Crippen LogP contribution < -0.4 is 14.8 Å². The highest BCUT2D eigenvalue weighted by Gasteiger charge is 2.13. The van der Waals surface area contributed by atoms with Crippen molar-refractivity contribution in [2.24, 2.45) is 0 Å². The first-order valence-corrected chi connectivity index (χ1v) is 10.6. The van der Waals surface area contributed by atoms with Crippen LogP contribution >= 0.6 is 34.8 Å². The molecule has 8 nitrogen and oxygen atoms in total. The van der Waals surface area contributed by atoms with Gasteiger partial charge in [-0.3, -0.25) is 4.79 Å². The van der Waals surface area contributed by atoms with Gasteiger partial charge in [0.1, 0.15) is 17.4 Å². The van der Waals surface area contributed by atoms with E-state index in [4.69, 9.17) is 44.3 Å². The van der Waals surface area contributed by atoms with Gasteiger partial charge in [0.15, 0.2) is 18.1 Å². The van der Waals surface area contributed by atoms with Crippen LogP contribution in [-0.2, 0) is 4.79 Å². The molecule has 0 bridgehead atoms. The number of amides is 1. The minimum Gasteiger partial charge on any atom is -0.482 e. The van der Waals surface area contributed by atoms with Crippen molar-refractivity contribution in [1.29, 1.82) is 0 Å². The zero-order valence-electron chi connectivity index (χ0n) is 16.5. The molecule has 0 atom stereocenters. The number of carbonyl (C=O) groups is 1. The number of benzene rings is 2. The van der Waals surface area contributed by atoms with E-state index in [1.165, 1.54) is 0 Å². The standard InChI is InChI=1S/C21H16Cl3N5O3/c22-14-5-2-1-4-13(14)21-27-26-17-8-9-19(28-29(17)21)31-11-10-25-18(30)12-32-16-7-3-6-15(23)20(16)24/h1-9H,10-12H2,(H,25,30). The molecule has 2 aromatic heterocycles. The van der Waals surface area contributed by atoms with Crippen LogP contribution in [0.1, 0.15) is 0 Å². The third-order valence-corrected chi connectivity index (χ3v) is 5.43. The van der Waals surface area contributed by atoms with Crippen molar-refractivity contribution in [3.05, 3.63) is 69.7 Å². The average molecular weight is 493 g/mol. The lowest BCUT2D eigenvalue weighted by atomic mass is 10.2. The third-order valence-electron chi connectivity index (χ3n) is 4.30. The summed E-state index contributed by atoms with van der Waals surface area (Å²) < 4.78 is 12.6. The fraction of sp³-hybridized carbons (Fsp3) is 0.143. The summed E-state index contributed by atoms with van der Waals surface area (Å²) in [6.07, 6.45) is 0. The van der Waals surface area contributed by atoms with E-state index in [0.717, 1.165) is 0 Å². The van der Waals surface area contributed by atoms with Gasteiger partial charge in [0, 0.05) is 11.6 Å². The molecule has 0 unspecified atom stereocenters. The summed E-state index contributed by atoms with van der Waals surface area (Å²) in [5.74, 6) is 0.863. The Bertz CT molecular complexity index is 1260. The average Bonchev–Trinajstić information content (AvgIpc) is 3.21. The number of ether oxygens (including phenoxy) is 2. The number of carbonyl (C=O) groups excluding carboxylic acids is 1. The molecule has 0 saturated heterocycles. The second-order valence-corrected chi connectivity index (χ2v) is 7.68.